The van der Waals surface area contributed by atoms with Crippen molar-refractivity contribution in [1.82, 2.24) is 9.71 Å². The fourth-order valence-electron chi connectivity index (χ4n) is 3.78. The van der Waals surface area contributed by atoms with Gasteiger partial charge in [-0.05, 0) is 60.2 Å². The van der Waals surface area contributed by atoms with E-state index in [2.05, 4.69) is 15.0 Å². The zero-order chi connectivity index (χ0) is 27.1. The number of pyridine rings is 1. The summed E-state index contributed by atoms with van der Waals surface area (Å²) in [6.07, 6.45) is 6.48. The van der Waals surface area contributed by atoms with Crippen molar-refractivity contribution < 1.29 is 22.7 Å². The third-order valence-corrected chi connectivity index (χ3v) is 7.45. The van der Waals surface area contributed by atoms with Crippen LogP contribution in [0.15, 0.2) is 84.0 Å². The van der Waals surface area contributed by atoms with Crippen molar-refractivity contribution in [2.24, 2.45) is 0 Å². The molecular weight excluding hydrogens is 526 g/mol. The average Bonchev–Trinajstić information content (AvgIpc) is 2.93. The summed E-state index contributed by atoms with van der Waals surface area (Å²) in [7, 11) is -0.665. The molecule has 0 fully saturated rings. The number of allylic oxidation sites excluding steroid dienone is 1. The van der Waals surface area contributed by atoms with E-state index in [1.165, 1.54) is 37.5 Å². The van der Waals surface area contributed by atoms with E-state index in [0.717, 1.165) is 22.0 Å². The number of nitrogens with zero attached hydrogens (tertiary/aromatic N) is 1. The average molecular weight is 552 g/mol. The second-order valence-corrected chi connectivity index (χ2v) is 10.4. The molecule has 0 bridgehead atoms. The molecule has 0 aliphatic heterocycles. The minimum atomic E-state index is -3.75. The molecule has 0 aliphatic rings. The van der Waals surface area contributed by atoms with E-state index < -0.39 is 10.0 Å². The van der Waals surface area contributed by atoms with Crippen LogP contribution in [0.1, 0.15) is 15.9 Å². The van der Waals surface area contributed by atoms with Gasteiger partial charge >= 0.3 is 0 Å². The van der Waals surface area contributed by atoms with E-state index in [1.807, 2.05) is 12.1 Å². The van der Waals surface area contributed by atoms with Crippen LogP contribution < -0.4 is 19.5 Å². The first-order chi connectivity index (χ1) is 18.3. The third-order valence-electron chi connectivity index (χ3n) is 5.74. The van der Waals surface area contributed by atoms with Crippen molar-refractivity contribution in [2.45, 2.75) is 4.90 Å². The van der Waals surface area contributed by atoms with Gasteiger partial charge in [-0.15, -0.1) is 0 Å². The van der Waals surface area contributed by atoms with E-state index in [-0.39, 0.29) is 17.2 Å². The lowest BCUT2D eigenvalue weighted by Gasteiger charge is -2.11. The van der Waals surface area contributed by atoms with Gasteiger partial charge in [0.2, 0.25) is 10.0 Å². The van der Waals surface area contributed by atoms with Gasteiger partial charge in [-0.3, -0.25) is 9.78 Å². The Labute approximate surface area is 226 Å². The van der Waals surface area contributed by atoms with Gasteiger partial charge in [0.05, 0.1) is 31.0 Å². The third kappa shape index (κ3) is 6.49. The van der Waals surface area contributed by atoms with E-state index >= 15 is 0 Å². The van der Waals surface area contributed by atoms with E-state index in [0.29, 0.717) is 28.6 Å². The number of sulfonamides is 1. The first kappa shape index (κ1) is 27.1. The minimum Gasteiger partial charge on any atom is -0.493 e. The number of anilines is 1. The van der Waals surface area contributed by atoms with Crippen LogP contribution in [0.2, 0.25) is 5.02 Å². The van der Waals surface area contributed by atoms with Crippen LogP contribution in [0.3, 0.4) is 0 Å². The van der Waals surface area contributed by atoms with Crippen molar-refractivity contribution in [2.75, 3.05) is 32.6 Å². The Balaban J connectivity index is 1.34. The number of fused-ring (bicyclic) bond motifs is 1. The number of nitrogens with one attached hydrogen (secondary N) is 2. The first-order valence-corrected chi connectivity index (χ1v) is 13.5. The first-order valence-electron chi connectivity index (χ1n) is 11.6. The number of benzene rings is 3. The lowest BCUT2D eigenvalue weighted by Crippen LogP contribution is -2.29. The number of ether oxygens (including phenoxy) is 2. The number of ketones is 1. The van der Waals surface area contributed by atoms with Gasteiger partial charge in [-0.2, -0.15) is 0 Å². The number of halogens is 1. The summed E-state index contributed by atoms with van der Waals surface area (Å²) in [5.41, 5.74) is 1.91. The van der Waals surface area contributed by atoms with Crippen LogP contribution in [0.4, 0.5) is 5.69 Å². The quantitative estimate of drug-likeness (QED) is 0.150. The molecule has 196 valence electrons. The zero-order valence-corrected chi connectivity index (χ0v) is 22.3. The highest BCUT2D eigenvalue weighted by molar-refractivity contribution is 7.89. The number of hydrogen-bond acceptors (Lipinski definition) is 7. The molecule has 2 N–H and O–H groups in total. The molecule has 0 spiro atoms. The lowest BCUT2D eigenvalue weighted by molar-refractivity contribution is 0.104. The number of carbonyl (C=O) groups is 1. The fraction of sp³-hybridized carbons (Fsp3) is 0.143. The summed E-state index contributed by atoms with van der Waals surface area (Å²) >= 11 is 6.04. The van der Waals surface area contributed by atoms with Crippen LogP contribution in [-0.2, 0) is 10.0 Å². The molecule has 1 heterocycles. The summed E-state index contributed by atoms with van der Waals surface area (Å²) in [5, 5.41) is 5.64. The smallest absolute Gasteiger partial charge is 0.240 e. The summed E-state index contributed by atoms with van der Waals surface area (Å²) in [6.45, 7) is 0.501. The van der Waals surface area contributed by atoms with Gasteiger partial charge in [0.15, 0.2) is 17.3 Å². The highest BCUT2D eigenvalue weighted by atomic mass is 35.5. The van der Waals surface area contributed by atoms with Gasteiger partial charge in [-0.25, -0.2) is 13.1 Å². The zero-order valence-electron chi connectivity index (χ0n) is 20.8. The Morgan fingerprint density at radius 2 is 1.71 bits per heavy atom. The fourth-order valence-corrected chi connectivity index (χ4v) is 4.99. The van der Waals surface area contributed by atoms with Crippen molar-refractivity contribution in [3.63, 3.8) is 0 Å². The summed E-state index contributed by atoms with van der Waals surface area (Å²) in [6, 6.07) is 16.6. The Kier molecular flexibility index (Phi) is 8.62. The largest absolute Gasteiger partial charge is 0.493 e. The van der Waals surface area contributed by atoms with Crippen molar-refractivity contribution in [3.05, 3.63) is 95.3 Å². The van der Waals surface area contributed by atoms with Crippen molar-refractivity contribution >= 4 is 49.9 Å². The van der Waals surface area contributed by atoms with Crippen LogP contribution in [-0.4, -0.2) is 46.5 Å². The Morgan fingerprint density at radius 3 is 2.45 bits per heavy atom. The standard InChI is InChI=1S/C28H26ClN3O5S/c1-36-27-12-4-19(15-28(27)37-2)3-11-26(33)20-5-8-23(9-6-20)38(34,35)32-14-13-31-25-18-30-17-21-16-22(29)7-10-24(21)25/h3-12,15-18,31-32H,13-14H2,1-2H3/b11-3+. The van der Waals surface area contributed by atoms with E-state index in [4.69, 9.17) is 21.1 Å². The SMILES string of the molecule is COc1ccc(/C=C/C(=O)c2ccc(S(=O)(=O)NCCNc3cncc4cc(Cl)ccc34)cc2)cc1OC. The molecule has 1 aromatic heterocycles. The van der Waals surface area contributed by atoms with Crippen molar-refractivity contribution in [1.29, 1.82) is 0 Å². The monoisotopic (exact) mass is 551 g/mol. The maximum Gasteiger partial charge on any atom is 0.240 e. The summed E-state index contributed by atoms with van der Waals surface area (Å²) < 4.78 is 38.5. The van der Waals surface area contributed by atoms with Gasteiger partial charge in [0.25, 0.3) is 0 Å². The molecule has 4 rings (SSSR count). The van der Waals surface area contributed by atoms with Gasteiger partial charge < -0.3 is 14.8 Å². The van der Waals surface area contributed by atoms with Gasteiger partial charge in [0.1, 0.15) is 0 Å². The van der Waals surface area contributed by atoms with Crippen molar-refractivity contribution in [3.8, 4) is 11.5 Å². The number of hydrogen-bond donors (Lipinski definition) is 2. The summed E-state index contributed by atoms with van der Waals surface area (Å²) in [5.74, 6) is 0.886. The maximum absolute atomic E-state index is 12.7. The molecule has 0 saturated heterocycles. The Hall–Kier alpha value is -3.92. The van der Waals surface area contributed by atoms with E-state index in [1.54, 1.807) is 49.8 Å². The molecule has 38 heavy (non-hydrogen) atoms. The maximum atomic E-state index is 12.7. The topological polar surface area (TPSA) is 107 Å². The molecule has 8 nitrogen and oxygen atoms in total. The molecule has 0 unspecified atom stereocenters. The van der Waals surface area contributed by atoms with E-state index in [9.17, 15) is 13.2 Å². The number of methoxy groups -OCH3 is 2. The highest BCUT2D eigenvalue weighted by Gasteiger charge is 2.14. The van der Waals surface area contributed by atoms with Crippen LogP contribution in [0.5, 0.6) is 11.5 Å². The second-order valence-electron chi connectivity index (χ2n) is 8.21. The van der Waals surface area contributed by atoms with Gasteiger partial charge in [-0.1, -0.05) is 29.8 Å². The molecule has 0 radical (unpaired) electrons. The van der Waals surface area contributed by atoms with Crippen LogP contribution in [0.25, 0.3) is 16.8 Å². The Morgan fingerprint density at radius 1 is 0.947 bits per heavy atom. The van der Waals surface area contributed by atoms with Crippen LogP contribution in [0, 0.1) is 0 Å². The second kappa shape index (κ2) is 12.1. The molecule has 0 atom stereocenters. The minimum absolute atomic E-state index is 0.0689. The molecule has 0 saturated carbocycles. The number of aromatic nitrogens is 1. The number of rotatable bonds is 11. The molecular formula is C28H26ClN3O5S. The molecule has 3 aromatic carbocycles. The molecule has 4 aromatic rings. The van der Waals surface area contributed by atoms with Crippen LogP contribution >= 0.6 is 11.6 Å². The predicted molar refractivity (Wildman–Crippen MR) is 150 cm³/mol. The lowest BCUT2D eigenvalue weighted by atomic mass is 10.1. The normalized spacial score (nSPS) is 11.6. The molecule has 0 aliphatic carbocycles. The number of carbonyl (C=O) groups excluding carboxylic acids is 1. The highest BCUT2D eigenvalue weighted by Crippen LogP contribution is 2.28. The summed E-state index contributed by atoms with van der Waals surface area (Å²) in [4.78, 5) is 16.8. The Bertz CT molecular complexity index is 1590. The van der Waals surface area contributed by atoms with Gasteiger partial charge in [0, 0.05) is 40.6 Å². The predicted octanol–water partition coefficient (Wildman–Crippen LogP) is 5.19. The molecule has 0 amide bonds. The molecule has 10 heteroatoms.